The van der Waals surface area contributed by atoms with E-state index < -0.39 is 81.2 Å². The Morgan fingerprint density at radius 2 is 0.771 bits per heavy atom. The highest BCUT2D eigenvalue weighted by Gasteiger charge is 2.38. The maximum Gasteiger partial charge on any atom is 0.281 e. The summed E-state index contributed by atoms with van der Waals surface area (Å²) in [7, 11) is -16.9. The zero-order chi connectivity index (χ0) is 102. The van der Waals surface area contributed by atoms with E-state index in [9.17, 15) is 66.0 Å². The lowest BCUT2D eigenvalue weighted by Gasteiger charge is -2.36. The topological polar surface area (TPSA) is 491 Å². The minimum atomic E-state index is -4.29. The number of nitrogens with one attached hydrogen (secondary N) is 5. The van der Waals surface area contributed by atoms with E-state index >= 15 is 0 Å². The van der Waals surface area contributed by atoms with Crippen LogP contribution in [0.25, 0.3) is 33.8 Å². The van der Waals surface area contributed by atoms with Gasteiger partial charge in [0.15, 0.2) is 20.1 Å². The lowest BCUT2D eigenvalue weighted by atomic mass is 9.91. The van der Waals surface area contributed by atoms with Gasteiger partial charge in [-0.05, 0) is 237 Å². The fraction of sp³-hybridized carbons (Fsp3) is 0.388. The second kappa shape index (κ2) is 45.1. The lowest BCUT2D eigenvalue weighted by Crippen LogP contribution is -2.41. The number of pyridine rings is 7. The van der Waals surface area contributed by atoms with E-state index in [1.54, 1.807) is 48.5 Å². The number of sulfonamides is 4. The molecule has 4 saturated heterocycles. The zero-order valence-electron chi connectivity index (χ0n) is 80.4. The van der Waals surface area contributed by atoms with Crippen LogP contribution in [-0.2, 0) is 45.5 Å². The number of halogens is 3. The van der Waals surface area contributed by atoms with Gasteiger partial charge in [-0.2, -0.15) is 38.8 Å². The van der Waals surface area contributed by atoms with E-state index in [0.717, 1.165) is 57.1 Å². The first-order valence-corrected chi connectivity index (χ1v) is 51.9. The third-order valence-corrected chi connectivity index (χ3v) is 28.1. The van der Waals surface area contributed by atoms with Gasteiger partial charge in [0.05, 0.1) is 65.4 Å². The number of carbonyl (C=O) groups excluding carboxylic acids is 4. The number of carbonyl (C=O) groups is 4. The Morgan fingerprint density at radius 3 is 1.12 bits per heavy atom. The van der Waals surface area contributed by atoms with E-state index in [4.69, 9.17) is 51.3 Å². The second-order valence-electron chi connectivity index (χ2n) is 37.0. The summed E-state index contributed by atoms with van der Waals surface area (Å²) in [4.78, 5) is 91.2. The van der Waals surface area contributed by atoms with Gasteiger partial charge in [0, 0.05) is 96.3 Å². The van der Waals surface area contributed by atoms with Crippen molar-refractivity contribution in [3.8, 4) is 51.0 Å². The van der Waals surface area contributed by atoms with Crippen molar-refractivity contribution in [3.05, 3.63) is 215 Å². The van der Waals surface area contributed by atoms with Crippen molar-refractivity contribution in [3.63, 3.8) is 0 Å². The SMILES string of the molecule is CC(C)COc1cc(F)cc(-c2ccc(C(=O)NS(=O)(=O)c3cccc(N)n3)c(N3CC(C)CC(C)C3)n2)c1.CC(C)COc1cc(F)cc(-c2ccc(C(=O)NS(=O)(=O)c3cccc(N)n3)c(N3CCCCC3)n2)c1.CCOc1cc(F)cc(-c2ccc(C(=O)NS(=O)(=O)c3ccn[nH]3)c(N3[C@H](C)CC[C@@H]3C)n2)c1.C[C@@H]1CC[C@H](C)N1c1nc(C(C)(C)C)ccc1C(=O)NS(=O)(=O)c1cccc(N)n1. The molecule has 0 saturated carbocycles. The molecule has 4 amide bonds. The van der Waals surface area contributed by atoms with Crippen LogP contribution >= 0.6 is 0 Å². The molecule has 6 atom stereocenters. The zero-order valence-corrected chi connectivity index (χ0v) is 83.6. The first kappa shape index (κ1) is 105. The second-order valence-corrected chi connectivity index (χ2v) is 43.6. The minimum Gasteiger partial charge on any atom is -0.494 e. The molecule has 3 aromatic carbocycles. The molecule has 42 heteroatoms. The van der Waals surface area contributed by atoms with Gasteiger partial charge in [-0.3, -0.25) is 24.3 Å². The Morgan fingerprint density at radius 1 is 0.429 bits per heavy atom. The van der Waals surface area contributed by atoms with E-state index in [1.165, 1.54) is 121 Å². The number of rotatable bonds is 27. The van der Waals surface area contributed by atoms with Crippen LogP contribution in [0.5, 0.6) is 17.2 Å². The number of anilines is 7. The molecule has 0 radical (unpaired) electrons. The first-order chi connectivity index (χ1) is 66.1. The Balaban J connectivity index is 0.000000168. The summed E-state index contributed by atoms with van der Waals surface area (Å²) in [5.41, 5.74) is 20.7. The fourth-order valence-electron chi connectivity index (χ4n) is 16.6. The number of benzene rings is 3. The van der Waals surface area contributed by atoms with E-state index in [2.05, 4.69) is 76.6 Å². The first-order valence-electron chi connectivity index (χ1n) is 46.0. The highest BCUT2D eigenvalue weighted by Crippen LogP contribution is 2.40. The third-order valence-electron chi connectivity index (χ3n) is 23.2. The van der Waals surface area contributed by atoms with Crippen molar-refractivity contribution in [2.24, 2.45) is 23.7 Å². The van der Waals surface area contributed by atoms with Crippen molar-refractivity contribution < 1.29 is 80.2 Å². The quantitative estimate of drug-likeness (QED) is 0.0237. The Labute approximate surface area is 814 Å². The smallest absolute Gasteiger partial charge is 0.281 e. The van der Waals surface area contributed by atoms with Crippen molar-refractivity contribution in [1.29, 1.82) is 0 Å². The molecule has 15 rings (SSSR count). The predicted octanol–water partition coefficient (Wildman–Crippen LogP) is 14.9. The Bertz CT molecular complexity index is 6790. The molecular weight excluding hydrogens is 1880 g/mol. The van der Waals surface area contributed by atoms with Gasteiger partial charge in [-0.15, -0.1) is 0 Å². The van der Waals surface area contributed by atoms with Crippen LogP contribution in [0.3, 0.4) is 0 Å². The molecule has 746 valence electrons. The minimum absolute atomic E-state index is 0.0140. The number of nitrogen functional groups attached to an aromatic ring is 3. The number of H-pyrrole nitrogens is 1. The summed E-state index contributed by atoms with van der Waals surface area (Å²) >= 11 is 0. The van der Waals surface area contributed by atoms with Crippen LogP contribution in [0, 0.1) is 41.1 Å². The van der Waals surface area contributed by atoms with Gasteiger partial charge >= 0.3 is 0 Å². The number of nitrogens with zero attached hydrogens (tertiary/aromatic N) is 12. The molecule has 35 nitrogen and oxygen atoms in total. The lowest BCUT2D eigenvalue weighted by molar-refractivity contribution is 0.0972. The van der Waals surface area contributed by atoms with Crippen molar-refractivity contribution >= 4 is 104 Å². The summed E-state index contributed by atoms with van der Waals surface area (Å²) in [5, 5.41) is 4.71. The summed E-state index contributed by atoms with van der Waals surface area (Å²) in [5.74, 6) is -0.736. The van der Waals surface area contributed by atoms with Gasteiger partial charge in [-0.25, -0.2) is 66.9 Å². The molecule has 4 aliphatic heterocycles. The van der Waals surface area contributed by atoms with Crippen molar-refractivity contribution in [1.82, 2.24) is 64.0 Å². The number of ether oxygens (including phenoxy) is 3. The summed E-state index contributed by atoms with van der Waals surface area (Å²) in [6.45, 7) is 32.2. The number of hydrogen-bond donors (Lipinski definition) is 8. The van der Waals surface area contributed by atoms with Crippen LogP contribution in [0.1, 0.15) is 195 Å². The van der Waals surface area contributed by atoms with Gasteiger partial charge in [-0.1, -0.05) is 80.5 Å². The monoisotopic (exact) mass is 2000 g/mol. The maximum absolute atomic E-state index is 14.5. The fourth-order valence-corrected chi connectivity index (χ4v) is 20.3. The molecule has 8 aromatic heterocycles. The van der Waals surface area contributed by atoms with Crippen LogP contribution in [0.15, 0.2) is 190 Å². The normalized spacial score (nSPS) is 17.3. The number of aromatic nitrogens is 9. The Hall–Kier alpha value is -13.6. The summed E-state index contributed by atoms with van der Waals surface area (Å²) in [6.07, 6.45) is 8.93. The standard InChI is InChI=1S/C28H34FN5O4S.C26H30FN5O4S.C23H26FN5O4S.C21H29N5O3S/c1-17(2)16-38-22-12-20(11-21(29)13-22)24-9-8-23(27(31-24)34-14-18(3)10-19(4)15-34)28(35)33-39(36,37)26-7-5-6-25(30)32-26;1-17(2)16-36-20-14-18(13-19(27)15-20)22-10-9-21(25(29-22)32-11-4-3-5-12-32)26(33)31-37(34,35)24-8-6-7-23(28)30-24;1-4-33-18-12-16(11-17(24)13-18)20-8-7-19(22(26-20)29-14(2)5-6-15(29)3)23(30)28-34(31,32)21-9-10-25-27-21;1-13-9-10-14(2)26(13)19-15(11-12-16(23-19)21(3,4)5)20(27)25-30(28,29)18-8-6-7-17(22)24-18/h5-9,11-13,17-19H,10,14-16H2,1-4H3,(H2,30,32)(H,33,35);6-10,13-15,17H,3-5,11-12,16H2,1-2H3,(H2,28,30)(H,31,33);7-15H,4-6H2,1-3H3,(H,25,27)(H,28,30);6-8,11-14H,9-10H2,1-5H3,(H2,22,24)(H,25,27)/t;;14-,15+;13-,14+. The maximum atomic E-state index is 14.5. The number of amides is 4. The molecule has 0 spiro atoms. The van der Waals surface area contributed by atoms with E-state index in [-0.39, 0.29) is 101 Å². The van der Waals surface area contributed by atoms with Gasteiger partial charge in [0.2, 0.25) is 0 Å². The van der Waals surface area contributed by atoms with Crippen LogP contribution in [-0.4, -0.2) is 173 Å². The molecular formula is C98H119F3N20O15S4. The highest BCUT2D eigenvalue weighted by molar-refractivity contribution is 7.90. The van der Waals surface area contributed by atoms with Crippen LogP contribution < -0.4 is 69.9 Å². The molecule has 0 bridgehead atoms. The van der Waals surface area contributed by atoms with Gasteiger partial charge in [0.1, 0.15) is 75.4 Å². The van der Waals surface area contributed by atoms with Gasteiger partial charge < -0.3 is 51.0 Å². The van der Waals surface area contributed by atoms with Crippen LogP contribution in [0.2, 0.25) is 0 Å². The predicted molar refractivity (Wildman–Crippen MR) is 529 cm³/mol. The van der Waals surface area contributed by atoms with Crippen molar-refractivity contribution in [2.75, 3.05) is 82.8 Å². The number of hydrogen-bond acceptors (Lipinski definition) is 30. The summed E-state index contributed by atoms with van der Waals surface area (Å²) < 4.78 is 170. The van der Waals surface area contributed by atoms with Crippen LogP contribution in [0.4, 0.5) is 53.9 Å². The third kappa shape index (κ3) is 27.1. The summed E-state index contributed by atoms with van der Waals surface area (Å²) in [6, 6.07) is 40.0. The molecule has 11 aromatic rings. The highest BCUT2D eigenvalue weighted by atomic mass is 32.2. The molecule has 4 fully saturated rings. The molecule has 2 unspecified atom stereocenters. The molecule has 4 aliphatic rings. The molecule has 140 heavy (non-hydrogen) atoms. The van der Waals surface area contributed by atoms with Crippen molar-refractivity contribution in [2.45, 2.75) is 198 Å². The van der Waals surface area contributed by atoms with Gasteiger partial charge in [0.25, 0.3) is 63.7 Å². The number of aromatic amines is 1. The number of nitrogens with two attached hydrogens (primary N) is 3. The van der Waals surface area contributed by atoms with E-state index in [0.29, 0.717) is 132 Å². The molecule has 0 aliphatic carbocycles. The van der Waals surface area contributed by atoms with E-state index in [1.807, 2.05) is 83.9 Å². The Kier molecular flexibility index (Phi) is 33.9. The average Bonchev–Trinajstić information content (AvgIpc) is 1.44. The molecule has 11 N–H and O–H groups in total. The average molecular weight is 2000 g/mol. The number of piperidine rings is 2. The molecule has 12 heterocycles. The largest absolute Gasteiger partial charge is 0.494 e.